The van der Waals surface area contributed by atoms with E-state index in [1.807, 2.05) is 6.08 Å². The quantitative estimate of drug-likeness (QED) is 0.588. The van der Waals surface area contributed by atoms with Crippen molar-refractivity contribution < 1.29 is 9.47 Å². The molecule has 1 rings (SSSR count). The lowest BCUT2D eigenvalue weighted by atomic mass is 9.94. The van der Waals surface area contributed by atoms with Gasteiger partial charge in [0.25, 0.3) is 0 Å². The summed E-state index contributed by atoms with van der Waals surface area (Å²) in [6.07, 6.45) is 11.2. The highest BCUT2D eigenvalue weighted by Crippen LogP contribution is 2.25. The van der Waals surface area contributed by atoms with Crippen LogP contribution in [-0.4, -0.2) is 38.3 Å². The minimum atomic E-state index is 0.592. The van der Waals surface area contributed by atoms with E-state index in [0.717, 1.165) is 37.4 Å². The number of nitrogens with zero attached hydrogens (tertiary/aromatic N) is 1. The zero-order valence-electron chi connectivity index (χ0n) is 16.7. The summed E-state index contributed by atoms with van der Waals surface area (Å²) in [5, 5.41) is 0. The van der Waals surface area contributed by atoms with E-state index in [0.29, 0.717) is 6.61 Å². The fourth-order valence-corrected chi connectivity index (χ4v) is 3.06. The third-order valence-electron chi connectivity index (χ3n) is 4.36. The summed E-state index contributed by atoms with van der Waals surface area (Å²) in [6.45, 7) is 16.5. The fourth-order valence-electron chi connectivity index (χ4n) is 3.06. The molecule has 140 valence electrons. The standard InChI is InChI=1S/C22H35NO2/c1-7-9-13-23(8-2)16-20-17-25-14-11-10-12-21(24-6)15-19(5)22(20)18(3)4/h11-12,14-15H,3,7-10,13,16-17H2,1-2,4-6H3/b14-11+,19-15+,21-12+,22-20-. The van der Waals surface area contributed by atoms with Crippen LogP contribution in [0.1, 0.15) is 47.0 Å². The van der Waals surface area contributed by atoms with Gasteiger partial charge in [0.2, 0.25) is 0 Å². The summed E-state index contributed by atoms with van der Waals surface area (Å²) >= 11 is 0. The molecule has 1 heterocycles. The zero-order chi connectivity index (χ0) is 18.7. The summed E-state index contributed by atoms with van der Waals surface area (Å²) in [7, 11) is 1.71. The average Bonchev–Trinajstić information content (AvgIpc) is 2.62. The van der Waals surface area contributed by atoms with E-state index in [1.54, 1.807) is 13.4 Å². The van der Waals surface area contributed by atoms with Crippen molar-refractivity contribution in [3.05, 3.63) is 59.1 Å². The lowest BCUT2D eigenvalue weighted by Crippen LogP contribution is -2.28. The molecular weight excluding hydrogens is 310 g/mol. The molecule has 0 spiro atoms. The number of hydrogen-bond acceptors (Lipinski definition) is 3. The summed E-state index contributed by atoms with van der Waals surface area (Å²) in [5.41, 5.74) is 4.72. The van der Waals surface area contributed by atoms with Gasteiger partial charge in [0, 0.05) is 6.54 Å². The fraction of sp³-hybridized carbons (Fsp3) is 0.545. The molecule has 0 saturated carbocycles. The molecule has 0 bridgehead atoms. The van der Waals surface area contributed by atoms with Crippen LogP contribution in [-0.2, 0) is 9.47 Å². The molecule has 0 fully saturated rings. The third kappa shape index (κ3) is 7.35. The highest BCUT2D eigenvalue weighted by molar-refractivity contribution is 5.49. The Morgan fingerprint density at radius 3 is 2.72 bits per heavy atom. The van der Waals surface area contributed by atoms with Gasteiger partial charge in [0.15, 0.2) is 0 Å². The number of rotatable bonds is 8. The van der Waals surface area contributed by atoms with E-state index >= 15 is 0 Å². The van der Waals surface area contributed by atoms with Crippen LogP contribution in [0.5, 0.6) is 0 Å². The summed E-state index contributed by atoms with van der Waals surface area (Å²) in [6, 6.07) is 0. The smallest absolute Gasteiger partial charge is 0.115 e. The second kappa shape index (κ2) is 11.8. The van der Waals surface area contributed by atoms with Crippen molar-refractivity contribution in [2.45, 2.75) is 47.0 Å². The zero-order valence-corrected chi connectivity index (χ0v) is 16.7. The number of hydrogen-bond donors (Lipinski definition) is 0. The lowest BCUT2D eigenvalue weighted by molar-refractivity contribution is 0.249. The molecule has 0 unspecified atom stereocenters. The molecule has 0 aromatic carbocycles. The van der Waals surface area contributed by atoms with E-state index in [4.69, 9.17) is 9.47 Å². The van der Waals surface area contributed by atoms with Crippen LogP contribution < -0.4 is 0 Å². The molecular formula is C22H35NO2. The Hall–Kier alpha value is -1.74. The van der Waals surface area contributed by atoms with Gasteiger partial charge in [0.1, 0.15) is 12.4 Å². The molecule has 1 aliphatic heterocycles. The number of methoxy groups -OCH3 is 1. The number of allylic oxidation sites excluding steroid dienone is 6. The van der Waals surface area contributed by atoms with Crippen molar-refractivity contribution >= 4 is 0 Å². The molecule has 0 aliphatic carbocycles. The molecule has 0 N–H and O–H groups in total. The number of likely N-dealkylation sites (N-methyl/N-ethyl adjacent to an activating group) is 1. The molecule has 0 aromatic rings. The molecule has 0 aromatic heterocycles. The Morgan fingerprint density at radius 1 is 1.36 bits per heavy atom. The largest absolute Gasteiger partial charge is 0.497 e. The predicted molar refractivity (Wildman–Crippen MR) is 107 cm³/mol. The van der Waals surface area contributed by atoms with Crippen LogP contribution in [0.4, 0.5) is 0 Å². The first-order valence-corrected chi connectivity index (χ1v) is 9.33. The van der Waals surface area contributed by atoms with Crippen LogP contribution in [0.2, 0.25) is 0 Å². The van der Waals surface area contributed by atoms with Gasteiger partial charge < -0.3 is 9.47 Å². The van der Waals surface area contributed by atoms with Crippen molar-refractivity contribution in [2.24, 2.45) is 0 Å². The van der Waals surface area contributed by atoms with Crippen molar-refractivity contribution in [1.29, 1.82) is 0 Å². The maximum absolute atomic E-state index is 5.82. The van der Waals surface area contributed by atoms with Gasteiger partial charge in [-0.05, 0) is 74.7 Å². The molecule has 0 radical (unpaired) electrons. The van der Waals surface area contributed by atoms with Crippen LogP contribution in [0.3, 0.4) is 0 Å². The highest BCUT2D eigenvalue weighted by Gasteiger charge is 2.15. The maximum atomic E-state index is 5.82. The normalized spacial score (nSPS) is 24.4. The lowest BCUT2D eigenvalue weighted by Gasteiger charge is -2.25. The van der Waals surface area contributed by atoms with Crippen LogP contribution >= 0.6 is 0 Å². The molecule has 1 aliphatic rings. The van der Waals surface area contributed by atoms with Crippen molar-refractivity contribution in [1.82, 2.24) is 4.90 Å². The van der Waals surface area contributed by atoms with E-state index in [1.165, 1.54) is 29.6 Å². The summed E-state index contributed by atoms with van der Waals surface area (Å²) < 4.78 is 11.3. The molecule has 3 nitrogen and oxygen atoms in total. The van der Waals surface area contributed by atoms with Gasteiger partial charge in [-0.25, -0.2) is 0 Å². The summed E-state index contributed by atoms with van der Waals surface area (Å²) in [4.78, 5) is 2.48. The Labute approximate surface area is 154 Å². The minimum absolute atomic E-state index is 0.592. The number of unbranched alkanes of at least 4 members (excludes halogenated alkanes) is 1. The Morgan fingerprint density at radius 2 is 2.12 bits per heavy atom. The Bertz CT molecular complexity index is 552. The predicted octanol–water partition coefficient (Wildman–Crippen LogP) is 5.39. The molecule has 25 heavy (non-hydrogen) atoms. The first-order chi connectivity index (χ1) is 12.0. The first-order valence-electron chi connectivity index (χ1n) is 9.33. The summed E-state index contributed by atoms with van der Waals surface area (Å²) in [5.74, 6) is 0.875. The van der Waals surface area contributed by atoms with Crippen LogP contribution in [0, 0.1) is 0 Å². The van der Waals surface area contributed by atoms with E-state index in [-0.39, 0.29) is 0 Å². The first kappa shape index (κ1) is 21.3. The molecule has 3 heteroatoms. The van der Waals surface area contributed by atoms with Crippen molar-refractivity contribution in [3.8, 4) is 0 Å². The van der Waals surface area contributed by atoms with Crippen molar-refractivity contribution in [2.75, 3.05) is 33.4 Å². The van der Waals surface area contributed by atoms with E-state index in [9.17, 15) is 0 Å². The third-order valence-corrected chi connectivity index (χ3v) is 4.36. The van der Waals surface area contributed by atoms with Gasteiger partial charge in [-0.2, -0.15) is 0 Å². The van der Waals surface area contributed by atoms with Crippen LogP contribution in [0.15, 0.2) is 59.1 Å². The average molecular weight is 346 g/mol. The van der Waals surface area contributed by atoms with Crippen molar-refractivity contribution in [3.63, 3.8) is 0 Å². The van der Waals surface area contributed by atoms with Gasteiger partial charge >= 0.3 is 0 Å². The Balaban J connectivity index is 3.26. The molecule has 0 atom stereocenters. The maximum Gasteiger partial charge on any atom is 0.115 e. The monoisotopic (exact) mass is 345 g/mol. The van der Waals surface area contributed by atoms with Gasteiger partial charge in [-0.15, -0.1) is 0 Å². The van der Waals surface area contributed by atoms with Gasteiger partial charge in [-0.1, -0.05) is 32.4 Å². The second-order valence-corrected chi connectivity index (χ2v) is 6.54. The Kier molecular flexibility index (Phi) is 10.0. The van der Waals surface area contributed by atoms with E-state index < -0.39 is 0 Å². The molecule has 0 amide bonds. The topological polar surface area (TPSA) is 21.7 Å². The van der Waals surface area contributed by atoms with E-state index in [2.05, 4.69) is 51.3 Å². The second-order valence-electron chi connectivity index (χ2n) is 6.54. The van der Waals surface area contributed by atoms with Gasteiger partial charge in [-0.3, -0.25) is 4.90 Å². The van der Waals surface area contributed by atoms with Gasteiger partial charge in [0.05, 0.1) is 13.4 Å². The minimum Gasteiger partial charge on any atom is -0.497 e. The number of ether oxygens (including phenoxy) is 2. The highest BCUT2D eigenvalue weighted by atomic mass is 16.5. The molecule has 0 saturated heterocycles. The van der Waals surface area contributed by atoms with Crippen LogP contribution in [0.25, 0.3) is 0 Å². The SMILES string of the molecule is C=C(C)C1=C(/CN(CC)CCCC)CO/C=C/C\C=C(OC)/C=C/1C.